The number of hydrogen-bond acceptors (Lipinski definition) is 4. The maximum atomic E-state index is 11.2. The molecule has 6 heteroatoms. The normalized spacial score (nSPS) is 11.1. The minimum Gasteiger partial charge on any atom is -0.461 e. The first kappa shape index (κ1) is 13.0. The number of hydrazone groups is 1. The summed E-state index contributed by atoms with van der Waals surface area (Å²) in [5.41, 5.74) is 3.42. The Hall–Kier alpha value is -1.07. The maximum Gasteiger partial charge on any atom is 0.366 e. The number of carbonyl (C=O) groups is 1. The first-order chi connectivity index (χ1) is 7.63. The fourth-order valence-electron chi connectivity index (χ4n) is 0.874. The van der Waals surface area contributed by atoms with Gasteiger partial charge in [-0.15, -0.1) is 0 Å². The Morgan fingerprint density at radius 2 is 2.12 bits per heavy atom. The van der Waals surface area contributed by atoms with Crippen LogP contribution in [0.3, 0.4) is 0 Å². The zero-order valence-electron chi connectivity index (χ0n) is 8.54. The predicted octanol–water partition coefficient (Wildman–Crippen LogP) is 3.02. The van der Waals surface area contributed by atoms with Crippen LogP contribution in [-0.2, 0) is 9.53 Å². The fraction of sp³-hybridized carbons (Fsp3) is 0.200. The molecule has 0 spiro atoms. The highest BCUT2D eigenvalue weighted by Crippen LogP contribution is 2.13. The number of benzene rings is 1. The summed E-state index contributed by atoms with van der Waals surface area (Å²) in [4.78, 5) is 11.2. The van der Waals surface area contributed by atoms with E-state index in [1.807, 2.05) is 0 Å². The third-order valence-corrected chi connectivity index (χ3v) is 2.32. The van der Waals surface area contributed by atoms with Gasteiger partial charge in [0.15, 0.2) is 0 Å². The van der Waals surface area contributed by atoms with Crippen molar-refractivity contribution in [3.63, 3.8) is 0 Å². The largest absolute Gasteiger partial charge is 0.461 e. The average molecular weight is 306 g/mol. The van der Waals surface area contributed by atoms with Crippen LogP contribution in [0.4, 0.5) is 5.69 Å². The summed E-state index contributed by atoms with van der Waals surface area (Å²) < 4.78 is 4.82. The van der Waals surface area contributed by atoms with Gasteiger partial charge < -0.3 is 4.74 Å². The van der Waals surface area contributed by atoms with Gasteiger partial charge in [0.1, 0.15) is 0 Å². The molecule has 0 bridgehead atoms. The Morgan fingerprint density at radius 3 is 2.69 bits per heavy atom. The number of hydrogen-bond donors (Lipinski definition) is 1. The monoisotopic (exact) mass is 304 g/mol. The first-order valence-corrected chi connectivity index (χ1v) is 5.72. The molecule has 0 fully saturated rings. The van der Waals surface area contributed by atoms with Gasteiger partial charge in [-0.25, -0.2) is 4.79 Å². The van der Waals surface area contributed by atoms with E-state index in [0.29, 0.717) is 11.6 Å². The molecule has 0 aliphatic heterocycles. The summed E-state index contributed by atoms with van der Waals surface area (Å²) in [6, 6.07) is 6.93. The van der Waals surface area contributed by atoms with Crippen LogP contribution in [0.1, 0.15) is 6.92 Å². The highest BCUT2D eigenvalue weighted by Gasteiger charge is 2.07. The Morgan fingerprint density at radius 1 is 1.50 bits per heavy atom. The van der Waals surface area contributed by atoms with Crippen LogP contribution in [0, 0.1) is 0 Å². The van der Waals surface area contributed by atoms with E-state index < -0.39 is 5.97 Å². The molecule has 1 rings (SSSR count). The molecular weight excluding hydrogens is 295 g/mol. The molecule has 1 N–H and O–H groups in total. The smallest absolute Gasteiger partial charge is 0.366 e. The first-order valence-electron chi connectivity index (χ1n) is 4.55. The Balaban J connectivity index is 2.58. The Labute approximate surface area is 107 Å². The van der Waals surface area contributed by atoms with Crippen LogP contribution in [0.15, 0.2) is 29.4 Å². The summed E-state index contributed by atoms with van der Waals surface area (Å²) in [6.45, 7) is 2.04. The lowest BCUT2D eigenvalue weighted by molar-refractivity contribution is -0.134. The van der Waals surface area contributed by atoms with Gasteiger partial charge in [-0.3, -0.25) is 5.43 Å². The number of nitrogens with one attached hydrogen (secondary N) is 1. The van der Waals surface area contributed by atoms with Crippen molar-refractivity contribution in [1.29, 1.82) is 0 Å². The number of halogens is 2. The average Bonchev–Trinajstić information content (AvgIpc) is 2.28. The number of anilines is 1. The second-order valence-corrected chi connectivity index (χ2v) is 3.93. The van der Waals surface area contributed by atoms with Crippen molar-refractivity contribution in [1.82, 2.24) is 0 Å². The molecule has 0 aliphatic carbocycles. The summed E-state index contributed by atoms with van der Waals surface area (Å²) in [5.74, 6) is -0.510. The van der Waals surface area contributed by atoms with E-state index in [9.17, 15) is 4.79 Å². The minimum atomic E-state index is -0.510. The molecule has 1 aromatic rings. The third kappa shape index (κ3) is 4.20. The molecule has 0 amide bonds. The summed E-state index contributed by atoms with van der Waals surface area (Å²) in [7, 11) is 0. The minimum absolute atomic E-state index is 0.0873. The highest BCUT2D eigenvalue weighted by molar-refractivity contribution is 9.19. The standard InChI is InChI=1S/C10H10BrClN2O2/c1-2-16-10(15)9(11)14-13-8-5-3-7(12)4-6-8/h3-6,13H,2H2,1H3. The molecule has 0 unspecified atom stereocenters. The van der Waals surface area contributed by atoms with Crippen LogP contribution < -0.4 is 5.43 Å². The van der Waals surface area contributed by atoms with Crippen molar-refractivity contribution in [2.24, 2.45) is 5.10 Å². The quantitative estimate of drug-likeness (QED) is 0.528. The molecule has 86 valence electrons. The molecule has 0 heterocycles. The van der Waals surface area contributed by atoms with Crippen LogP contribution in [0.5, 0.6) is 0 Å². The third-order valence-electron chi connectivity index (χ3n) is 1.57. The molecule has 1 aromatic carbocycles. The van der Waals surface area contributed by atoms with Crippen molar-refractivity contribution in [2.45, 2.75) is 6.92 Å². The van der Waals surface area contributed by atoms with Gasteiger partial charge in [-0.2, -0.15) is 5.10 Å². The predicted molar refractivity (Wildman–Crippen MR) is 68.1 cm³/mol. The molecule has 0 atom stereocenters. The second-order valence-electron chi connectivity index (χ2n) is 2.74. The van der Waals surface area contributed by atoms with Gasteiger partial charge in [0.2, 0.25) is 4.62 Å². The molecule has 0 aromatic heterocycles. The van der Waals surface area contributed by atoms with E-state index in [-0.39, 0.29) is 4.62 Å². The van der Waals surface area contributed by atoms with Crippen molar-refractivity contribution in [3.05, 3.63) is 29.3 Å². The van der Waals surface area contributed by atoms with Crippen molar-refractivity contribution < 1.29 is 9.53 Å². The lowest BCUT2D eigenvalue weighted by Crippen LogP contribution is -2.12. The van der Waals surface area contributed by atoms with Gasteiger partial charge in [0.25, 0.3) is 0 Å². The molecule has 0 radical (unpaired) electrons. The van der Waals surface area contributed by atoms with Crippen molar-refractivity contribution in [3.8, 4) is 0 Å². The molecular formula is C10H10BrClN2O2. The highest BCUT2D eigenvalue weighted by atomic mass is 79.9. The van der Waals surface area contributed by atoms with Gasteiger partial charge in [0.05, 0.1) is 12.3 Å². The Bertz CT molecular complexity index is 392. The Kier molecular flexibility index (Phi) is 5.28. The van der Waals surface area contributed by atoms with Gasteiger partial charge in [-0.05, 0) is 47.1 Å². The van der Waals surface area contributed by atoms with E-state index >= 15 is 0 Å². The fourth-order valence-corrected chi connectivity index (χ4v) is 1.20. The van der Waals surface area contributed by atoms with Crippen molar-refractivity contribution in [2.75, 3.05) is 12.0 Å². The lowest BCUT2D eigenvalue weighted by atomic mass is 10.3. The number of esters is 1. The summed E-state index contributed by atoms with van der Waals surface area (Å²) in [5, 5.41) is 4.45. The maximum absolute atomic E-state index is 11.2. The van der Waals surface area contributed by atoms with Crippen LogP contribution in [0.2, 0.25) is 5.02 Å². The van der Waals surface area contributed by atoms with E-state index in [4.69, 9.17) is 16.3 Å². The van der Waals surface area contributed by atoms with Crippen LogP contribution in [0.25, 0.3) is 0 Å². The molecule has 4 nitrogen and oxygen atoms in total. The van der Waals surface area contributed by atoms with Crippen molar-refractivity contribution >= 4 is 43.8 Å². The van der Waals surface area contributed by atoms with Gasteiger partial charge >= 0.3 is 5.97 Å². The van der Waals surface area contributed by atoms with E-state index in [0.717, 1.165) is 5.69 Å². The zero-order chi connectivity index (χ0) is 12.0. The number of nitrogens with zero attached hydrogens (tertiary/aromatic N) is 1. The van der Waals surface area contributed by atoms with Gasteiger partial charge in [-0.1, -0.05) is 11.6 Å². The topological polar surface area (TPSA) is 50.7 Å². The van der Waals surface area contributed by atoms with Gasteiger partial charge in [0, 0.05) is 5.02 Å². The molecule has 16 heavy (non-hydrogen) atoms. The number of carbonyl (C=O) groups excluding carboxylic acids is 1. The summed E-state index contributed by atoms with van der Waals surface area (Å²) in [6.07, 6.45) is 0. The molecule has 0 saturated heterocycles. The SMILES string of the molecule is CCOC(=O)C(Br)=NNc1ccc(Cl)cc1. The van der Waals surface area contributed by atoms with E-state index in [1.165, 1.54) is 0 Å². The van der Waals surface area contributed by atoms with Crippen LogP contribution >= 0.6 is 27.5 Å². The number of rotatable bonds is 4. The number of ether oxygens (including phenoxy) is 1. The van der Waals surface area contributed by atoms with E-state index in [2.05, 4.69) is 26.5 Å². The summed E-state index contributed by atoms with van der Waals surface area (Å²) >= 11 is 8.72. The second kappa shape index (κ2) is 6.50. The lowest BCUT2D eigenvalue weighted by Gasteiger charge is -2.02. The zero-order valence-corrected chi connectivity index (χ0v) is 10.9. The molecule has 0 aliphatic rings. The van der Waals surface area contributed by atoms with E-state index in [1.54, 1.807) is 31.2 Å². The molecule has 0 saturated carbocycles. The van der Waals surface area contributed by atoms with Crippen LogP contribution in [-0.4, -0.2) is 17.2 Å².